The van der Waals surface area contributed by atoms with Crippen LogP contribution in [0, 0.1) is 0 Å². The van der Waals surface area contributed by atoms with Crippen LogP contribution >= 0.6 is 15.9 Å². The van der Waals surface area contributed by atoms with Crippen LogP contribution < -0.4 is 0 Å². The van der Waals surface area contributed by atoms with Gasteiger partial charge in [-0.3, -0.25) is 0 Å². The van der Waals surface area contributed by atoms with Crippen LogP contribution in [-0.4, -0.2) is 17.3 Å². The summed E-state index contributed by atoms with van der Waals surface area (Å²) < 4.78 is 17.3. The molecule has 0 N–H and O–H groups in total. The summed E-state index contributed by atoms with van der Waals surface area (Å²) in [5.74, 6) is -0.445. The smallest absolute Gasteiger partial charge is 0.339 e. The van der Waals surface area contributed by atoms with E-state index < -0.39 is 17.3 Å². The second-order valence-electron chi connectivity index (χ2n) is 6.08. The molecule has 28 heavy (non-hydrogen) atoms. The van der Waals surface area contributed by atoms with Gasteiger partial charge >= 0.3 is 5.97 Å². The second kappa shape index (κ2) is 10.8. The van der Waals surface area contributed by atoms with Crippen molar-refractivity contribution in [1.82, 2.24) is 0 Å². The first kappa shape index (κ1) is 20.3. The summed E-state index contributed by atoms with van der Waals surface area (Å²) in [5.41, 5.74) is 2.48. The number of rotatable bonds is 9. The van der Waals surface area contributed by atoms with Gasteiger partial charge in [0.25, 0.3) is 0 Å². The highest BCUT2D eigenvalue weighted by Gasteiger charge is 2.25. The van der Waals surface area contributed by atoms with Crippen LogP contribution in [0.15, 0.2) is 91.0 Å². The Bertz CT molecular complexity index is 797. The highest BCUT2D eigenvalue weighted by Crippen LogP contribution is 2.19. The Morgan fingerprint density at radius 3 is 1.61 bits per heavy atom. The molecule has 0 spiro atoms. The van der Waals surface area contributed by atoms with Gasteiger partial charge in [0.05, 0.1) is 18.8 Å². The van der Waals surface area contributed by atoms with Crippen molar-refractivity contribution in [3.63, 3.8) is 0 Å². The van der Waals surface area contributed by atoms with Crippen LogP contribution in [0.25, 0.3) is 0 Å². The number of carbonyl (C=O) groups is 1. The molecule has 0 aliphatic carbocycles. The Balaban J connectivity index is 1.64. The molecule has 144 valence electrons. The third-order valence-corrected chi connectivity index (χ3v) is 4.58. The highest BCUT2D eigenvalue weighted by molar-refractivity contribution is 9.09. The molecule has 0 aromatic heterocycles. The molecule has 0 saturated carbocycles. The standard InChI is InChI=1S/C23H21BrO4/c24-21(28-22(25)20-14-8-3-9-15-20)23(26-16-18-10-4-1-5-11-18)27-17-19-12-6-2-7-13-19/h1-15,21,23H,16-17H2. The first-order chi connectivity index (χ1) is 13.7. The zero-order chi connectivity index (χ0) is 19.6. The second-order valence-corrected chi connectivity index (χ2v) is 6.99. The van der Waals surface area contributed by atoms with E-state index in [2.05, 4.69) is 15.9 Å². The Kier molecular flexibility index (Phi) is 7.79. The molecule has 3 aromatic carbocycles. The predicted octanol–water partition coefficient (Wildman–Crippen LogP) is 5.32. The Morgan fingerprint density at radius 1 is 0.714 bits per heavy atom. The van der Waals surface area contributed by atoms with E-state index in [1.165, 1.54) is 0 Å². The van der Waals surface area contributed by atoms with Gasteiger partial charge in [0.2, 0.25) is 11.3 Å². The van der Waals surface area contributed by atoms with Gasteiger partial charge in [-0.1, -0.05) is 78.9 Å². The molecule has 0 fully saturated rings. The number of halogens is 1. The number of carbonyl (C=O) groups excluding carboxylic acids is 1. The zero-order valence-corrected chi connectivity index (χ0v) is 16.8. The minimum absolute atomic E-state index is 0.339. The van der Waals surface area contributed by atoms with Gasteiger partial charge in [-0.15, -0.1) is 0 Å². The van der Waals surface area contributed by atoms with Crippen molar-refractivity contribution in [2.24, 2.45) is 0 Å². The van der Waals surface area contributed by atoms with E-state index in [0.29, 0.717) is 18.8 Å². The topological polar surface area (TPSA) is 44.8 Å². The molecular weight excluding hydrogens is 420 g/mol. The minimum Gasteiger partial charge on any atom is -0.442 e. The molecule has 3 aromatic rings. The SMILES string of the molecule is O=C(OC(Br)C(OCc1ccccc1)OCc1ccccc1)c1ccccc1. The molecular formula is C23H21BrO4. The third-order valence-electron chi connectivity index (χ3n) is 3.96. The highest BCUT2D eigenvalue weighted by atomic mass is 79.9. The molecule has 1 unspecified atom stereocenters. The Hall–Kier alpha value is -2.47. The van der Waals surface area contributed by atoms with Crippen LogP contribution in [0.5, 0.6) is 0 Å². The fraction of sp³-hybridized carbons (Fsp3) is 0.174. The van der Waals surface area contributed by atoms with Crippen LogP contribution in [0.1, 0.15) is 21.5 Å². The van der Waals surface area contributed by atoms with Gasteiger partial charge in [-0.2, -0.15) is 0 Å². The van der Waals surface area contributed by atoms with E-state index in [0.717, 1.165) is 11.1 Å². The average molecular weight is 441 g/mol. The fourth-order valence-electron chi connectivity index (χ4n) is 2.50. The normalized spacial score (nSPS) is 11.9. The van der Waals surface area contributed by atoms with Crippen molar-refractivity contribution < 1.29 is 19.0 Å². The Labute approximate surface area is 173 Å². The minimum atomic E-state index is -0.770. The van der Waals surface area contributed by atoms with Crippen LogP contribution in [0.3, 0.4) is 0 Å². The summed E-state index contributed by atoms with van der Waals surface area (Å²) >= 11 is 3.40. The Morgan fingerprint density at radius 2 is 1.14 bits per heavy atom. The number of hydrogen-bond acceptors (Lipinski definition) is 4. The monoisotopic (exact) mass is 440 g/mol. The zero-order valence-electron chi connectivity index (χ0n) is 15.2. The van der Waals surface area contributed by atoms with E-state index in [4.69, 9.17) is 14.2 Å². The van der Waals surface area contributed by atoms with Gasteiger partial charge in [0, 0.05) is 0 Å². The summed E-state index contributed by atoms with van der Waals surface area (Å²) in [7, 11) is 0. The molecule has 0 radical (unpaired) electrons. The summed E-state index contributed by atoms with van der Waals surface area (Å²) in [6.45, 7) is 0.677. The first-order valence-corrected chi connectivity index (χ1v) is 9.85. The van der Waals surface area contributed by atoms with Gasteiger partial charge in [0.1, 0.15) is 0 Å². The lowest BCUT2D eigenvalue weighted by Gasteiger charge is -2.23. The van der Waals surface area contributed by atoms with Crippen molar-refractivity contribution >= 4 is 21.9 Å². The van der Waals surface area contributed by atoms with Crippen molar-refractivity contribution in [2.45, 2.75) is 24.5 Å². The number of esters is 1. The van der Waals surface area contributed by atoms with Crippen LogP contribution in [-0.2, 0) is 27.4 Å². The molecule has 0 amide bonds. The number of alkyl halides is 1. The molecule has 5 heteroatoms. The molecule has 0 bridgehead atoms. The van der Waals surface area contributed by atoms with Gasteiger partial charge in [0.15, 0.2) is 0 Å². The summed E-state index contributed by atoms with van der Waals surface area (Å²) in [6.07, 6.45) is -0.770. The van der Waals surface area contributed by atoms with E-state index in [1.54, 1.807) is 24.3 Å². The van der Waals surface area contributed by atoms with E-state index in [1.807, 2.05) is 66.7 Å². The molecule has 3 rings (SSSR count). The van der Waals surface area contributed by atoms with Crippen LogP contribution in [0.4, 0.5) is 0 Å². The predicted molar refractivity (Wildman–Crippen MR) is 111 cm³/mol. The van der Waals surface area contributed by atoms with Gasteiger partial charge < -0.3 is 14.2 Å². The van der Waals surface area contributed by atoms with Crippen molar-refractivity contribution in [3.8, 4) is 0 Å². The fourth-order valence-corrected chi connectivity index (χ4v) is 2.98. The van der Waals surface area contributed by atoms with Gasteiger partial charge in [-0.25, -0.2) is 4.79 Å². The first-order valence-electron chi connectivity index (χ1n) is 8.93. The number of ether oxygens (including phenoxy) is 3. The molecule has 0 aliphatic rings. The van der Waals surface area contributed by atoms with Crippen molar-refractivity contribution in [3.05, 3.63) is 108 Å². The van der Waals surface area contributed by atoms with Gasteiger partial charge in [-0.05, 0) is 39.2 Å². The van der Waals surface area contributed by atoms with E-state index in [-0.39, 0.29) is 0 Å². The summed E-state index contributed by atoms with van der Waals surface area (Å²) in [6, 6.07) is 28.4. The quantitative estimate of drug-likeness (QED) is 0.256. The third kappa shape index (κ3) is 6.30. The number of hydrogen-bond donors (Lipinski definition) is 0. The maximum atomic E-state index is 12.3. The largest absolute Gasteiger partial charge is 0.442 e. The average Bonchev–Trinajstić information content (AvgIpc) is 2.75. The molecule has 0 saturated heterocycles. The molecule has 0 aliphatic heterocycles. The lowest BCUT2D eigenvalue weighted by atomic mass is 10.2. The lowest BCUT2D eigenvalue weighted by Crippen LogP contribution is -2.31. The summed E-state index contributed by atoms with van der Waals surface area (Å²) in [4.78, 5) is 12.3. The maximum Gasteiger partial charge on any atom is 0.339 e. The van der Waals surface area contributed by atoms with Crippen LogP contribution in [0.2, 0.25) is 0 Å². The molecule has 4 nitrogen and oxygen atoms in total. The molecule has 0 heterocycles. The maximum absolute atomic E-state index is 12.3. The summed E-state index contributed by atoms with van der Waals surface area (Å²) in [5, 5.41) is -0.757. The van der Waals surface area contributed by atoms with Crippen molar-refractivity contribution in [2.75, 3.05) is 0 Å². The molecule has 1 atom stereocenters. The van der Waals surface area contributed by atoms with Crippen molar-refractivity contribution in [1.29, 1.82) is 0 Å². The van der Waals surface area contributed by atoms with E-state index in [9.17, 15) is 4.79 Å². The number of benzene rings is 3. The van der Waals surface area contributed by atoms with E-state index >= 15 is 0 Å². The lowest BCUT2D eigenvalue weighted by molar-refractivity contribution is -0.184.